The first-order valence-electron chi connectivity index (χ1n) is 5.40. The van der Waals surface area contributed by atoms with Crippen molar-refractivity contribution in [1.82, 2.24) is 15.0 Å². The third-order valence-corrected chi connectivity index (χ3v) is 3.20. The van der Waals surface area contributed by atoms with Gasteiger partial charge in [-0.05, 0) is 19.7 Å². The maximum atomic E-state index is 8.77. The summed E-state index contributed by atoms with van der Waals surface area (Å²) in [4.78, 5) is 6.27. The number of nitrogens with zero attached hydrogens (tertiary/aromatic N) is 3. The average molecular weight is 245 g/mol. The Kier molecular flexibility index (Phi) is 5.79. The SMILES string of the molecule is CCSC(C)c1noc(CN(C)CCO)n1. The molecule has 1 aromatic rings. The molecule has 16 heavy (non-hydrogen) atoms. The van der Waals surface area contributed by atoms with Crippen molar-refractivity contribution in [2.45, 2.75) is 25.6 Å². The van der Waals surface area contributed by atoms with Crippen molar-refractivity contribution in [2.24, 2.45) is 0 Å². The van der Waals surface area contributed by atoms with Crippen LogP contribution >= 0.6 is 11.8 Å². The van der Waals surface area contributed by atoms with E-state index in [9.17, 15) is 0 Å². The molecule has 1 rings (SSSR count). The van der Waals surface area contributed by atoms with Crippen LogP contribution in [0.1, 0.15) is 30.8 Å². The van der Waals surface area contributed by atoms with Gasteiger partial charge in [-0.3, -0.25) is 4.90 Å². The number of rotatable bonds is 7. The van der Waals surface area contributed by atoms with E-state index in [0.717, 1.165) is 11.6 Å². The molecule has 92 valence electrons. The van der Waals surface area contributed by atoms with Crippen LogP contribution in [0.3, 0.4) is 0 Å². The lowest BCUT2D eigenvalue weighted by atomic mass is 10.4. The van der Waals surface area contributed by atoms with Gasteiger partial charge in [-0.2, -0.15) is 16.7 Å². The minimum Gasteiger partial charge on any atom is -0.395 e. The van der Waals surface area contributed by atoms with E-state index in [-0.39, 0.29) is 11.9 Å². The van der Waals surface area contributed by atoms with Crippen LogP contribution in [0.4, 0.5) is 0 Å². The van der Waals surface area contributed by atoms with Crippen LogP contribution in [-0.2, 0) is 6.54 Å². The van der Waals surface area contributed by atoms with Gasteiger partial charge in [-0.15, -0.1) is 0 Å². The molecule has 5 nitrogen and oxygen atoms in total. The average Bonchev–Trinajstić information content (AvgIpc) is 2.67. The van der Waals surface area contributed by atoms with Gasteiger partial charge in [-0.1, -0.05) is 12.1 Å². The lowest BCUT2D eigenvalue weighted by Gasteiger charge is -2.10. The topological polar surface area (TPSA) is 62.4 Å². The fourth-order valence-corrected chi connectivity index (χ4v) is 2.05. The molecule has 1 unspecified atom stereocenters. The van der Waals surface area contributed by atoms with E-state index in [2.05, 4.69) is 24.0 Å². The highest BCUT2D eigenvalue weighted by molar-refractivity contribution is 7.99. The van der Waals surface area contributed by atoms with E-state index in [1.54, 1.807) is 11.8 Å². The van der Waals surface area contributed by atoms with Crippen molar-refractivity contribution in [3.63, 3.8) is 0 Å². The zero-order valence-electron chi connectivity index (χ0n) is 10.0. The van der Waals surface area contributed by atoms with Crippen molar-refractivity contribution in [3.8, 4) is 0 Å². The zero-order chi connectivity index (χ0) is 12.0. The van der Waals surface area contributed by atoms with Crippen LogP contribution < -0.4 is 0 Å². The Bertz CT molecular complexity index is 306. The minimum atomic E-state index is 0.138. The Hall–Kier alpha value is -0.590. The highest BCUT2D eigenvalue weighted by Gasteiger charge is 2.14. The normalized spacial score (nSPS) is 13.3. The molecule has 0 amide bonds. The molecule has 0 spiro atoms. The Morgan fingerprint density at radius 3 is 2.94 bits per heavy atom. The first-order chi connectivity index (χ1) is 7.67. The molecule has 1 atom stereocenters. The van der Waals surface area contributed by atoms with E-state index in [0.29, 0.717) is 19.0 Å². The molecule has 0 aliphatic heterocycles. The summed E-state index contributed by atoms with van der Waals surface area (Å²) in [6.07, 6.45) is 0. The van der Waals surface area contributed by atoms with Crippen molar-refractivity contribution in [1.29, 1.82) is 0 Å². The number of thioether (sulfide) groups is 1. The predicted molar refractivity (Wildman–Crippen MR) is 64.3 cm³/mol. The summed E-state index contributed by atoms with van der Waals surface area (Å²) >= 11 is 1.79. The molecule has 0 radical (unpaired) electrons. The van der Waals surface area contributed by atoms with Crippen LogP contribution in [-0.4, -0.2) is 46.1 Å². The fraction of sp³-hybridized carbons (Fsp3) is 0.800. The molecule has 0 aliphatic rings. The molecule has 6 heteroatoms. The molecule has 0 saturated carbocycles. The fourth-order valence-electron chi connectivity index (χ4n) is 1.30. The quantitative estimate of drug-likeness (QED) is 0.781. The Morgan fingerprint density at radius 2 is 2.31 bits per heavy atom. The predicted octanol–water partition coefficient (Wildman–Crippen LogP) is 1.31. The van der Waals surface area contributed by atoms with Gasteiger partial charge in [0.2, 0.25) is 5.89 Å². The molecule has 0 aliphatic carbocycles. The first-order valence-corrected chi connectivity index (χ1v) is 6.45. The van der Waals surface area contributed by atoms with Crippen molar-refractivity contribution in [3.05, 3.63) is 11.7 Å². The van der Waals surface area contributed by atoms with Crippen LogP contribution in [0.25, 0.3) is 0 Å². The first kappa shape index (κ1) is 13.5. The standard InChI is InChI=1S/C10H19N3O2S/c1-4-16-8(2)10-11-9(15-12-10)7-13(3)5-6-14/h8,14H,4-7H2,1-3H3. The second kappa shape index (κ2) is 6.88. The lowest BCUT2D eigenvalue weighted by molar-refractivity contribution is 0.200. The van der Waals surface area contributed by atoms with Crippen LogP contribution in [0.5, 0.6) is 0 Å². The Morgan fingerprint density at radius 1 is 1.56 bits per heavy atom. The number of aliphatic hydroxyl groups excluding tert-OH is 1. The van der Waals surface area contributed by atoms with Gasteiger partial charge >= 0.3 is 0 Å². The van der Waals surface area contributed by atoms with Gasteiger partial charge in [-0.25, -0.2) is 0 Å². The third kappa shape index (κ3) is 4.11. The second-order valence-electron chi connectivity index (χ2n) is 3.61. The highest BCUT2D eigenvalue weighted by atomic mass is 32.2. The number of aromatic nitrogens is 2. The Balaban J connectivity index is 2.50. The molecule has 0 aromatic carbocycles. The number of likely N-dealkylation sites (N-methyl/N-ethyl adjacent to an activating group) is 1. The molecule has 0 saturated heterocycles. The maximum absolute atomic E-state index is 8.77. The monoisotopic (exact) mass is 245 g/mol. The molecular formula is C10H19N3O2S. The van der Waals surface area contributed by atoms with Gasteiger partial charge in [0.05, 0.1) is 18.4 Å². The van der Waals surface area contributed by atoms with E-state index in [4.69, 9.17) is 9.63 Å². The molecule has 1 heterocycles. The summed E-state index contributed by atoms with van der Waals surface area (Å²) in [5.74, 6) is 2.39. The molecule has 0 bridgehead atoms. The summed E-state index contributed by atoms with van der Waals surface area (Å²) in [6, 6.07) is 0. The number of aliphatic hydroxyl groups is 1. The molecule has 1 aromatic heterocycles. The highest BCUT2D eigenvalue weighted by Crippen LogP contribution is 2.25. The van der Waals surface area contributed by atoms with Crippen molar-refractivity contribution in [2.75, 3.05) is 26.0 Å². The van der Waals surface area contributed by atoms with E-state index >= 15 is 0 Å². The van der Waals surface area contributed by atoms with Crippen LogP contribution in [0, 0.1) is 0 Å². The number of hydrogen-bond donors (Lipinski definition) is 1. The molecule has 1 N–H and O–H groups in total. The molecular weight excluding hydrogens is 226 g/mol. The largest absolute Gasteiger partial charge is 0.395 e. The van der Waals surface area contributed by atoms with Crippen LogP contribution in [0.2, 0.25) is 0 Å². The summed E-state index contributed by atoms with van der Waals surface area (Å²) in [7, 11) is 1.91. The smallest absolute Gasteiger partial charge is 0.240 e. The van der Waals surface area contributed by atoms with Crippen molar-refractivity contribution >= 4 is 11.8 Å². The van der Waals surface area contributed by atoms with E-state index in [1.165, 1.54) is 0 Å². The Labute approximate surface area is 100 Å². The summed E-state index contributed by atoms with van der Waals surface area (Å²) in [6.45, 7) is 5.51. The summed E-state index contributed by atoms with van der Waals surface area (Å²) in [5, 5.41) is 13.0. The van der Waals surface area contributed by atoms with Crippen LogP contribution in [0.15, 0.2) is 4.52 Å². The minimum absolute atomic E-state index is 0.138. The van der Waals surface area contributed by atoms with E-state index < -0.39 is 0 Å². The van der Waals surface area contributed by atoms with Gasteiger partial charge in [0, 0.05) is 6.54 Å². The molecule has 0 fully saturated rings. The maximum Gasteiger partial charge on any atom is 0.240 e. The van der Waals surface area contributed by atoms with Gasteiger partial charge < -0.3 is 9.63 Å². The third-order valence-electron chi connectivity index (χ3n) is 2.15. The summed E-state index contributed by atoms with van der Waals surface area (Å²) < 4.78 is 5.15. The lowest BCUT2D eigenvalue weighted by Crippen LogP contribution is -2.21. The van der Waals surface area contributed by atoms with Crippen molar-refractivity contribution < 1.29 is 9.63 Å². The zero-order valence-corrected chi connectivity index (χ0v) is 10.8. The second-order valence-corrected chi connectivity index (χ2v) is 5.22. The summed E-state index contributed by atoms with van der Waals surface area (Å²) in [5.41, 5.74) is 0. The van der Waals surface area contributed by atoms with Gasteiger partial charge in [0.1, 0.15) is 0 Å². The van der Waals surface area contributed by atoms with Gasteiger partial charge in [0.15, 0.2) is 5.82 Å². The number of hydrogen-bond acceptors (Lipinski definition) is 6. The van der Waals surface area contributed by atoms with E-state index in [1.807, 2.05) is 11.9 Å². The van der Waals surface area contributed by atoms with Gasteiger partial charge in [0.25, 0.3) is 0 Å².